The topological polar surface area (TPSA) is 86.8 Å². The van der Waals surface area contributed by atoms with Crippen LogP contribution in [0.2, 0.25) is 15.1 Å². The molecule has 4 rings (SSSR count). The van der Waals surface area contributed by atoms with E-state index in [1.165, 1.54) is 29.2 Å². The van der Waals surface area contributed by atoms with Crippen LogP contribution in [-0.2, 0) is 26.2 Å². The molecule has 2 amide bonds. The number of carbonyl (C=O) groups excluding carboxylic acids is 2. The molecule has 3 aromatic carbocycles. The van der Waals surface area contributed by atoms with Gasteiger partial charge in [-0.25, -0.2) is 8.42 Å². The fourth-order valence-corrected chi connectivity index (χ4v) is 6.83. The molecule has 3 aromatic rings. The lowest BCUT2D eigenvalue weighted by Gasteiger charge is -2.32. The fraction of sp³-hybridized carbons (Fsp3) is 0.310. The highest BCUT2D eigenvalue weighted by Gasteiger charge is 2.34. The number of nitrogens with zero attached hydrogens (tertiary/aromatic N) is 2. The van der Waals surface area contributed by atoms with E-state index in [2.05, 4.69) is 5.32 Å². The van der Waals surface area contributed by atoms with Gasteiger partial charge in [0.1, 0.15) is 12.6 Å². The van der Waals surface area contributed by atoms with Crippen LogP contribution in [0.5, 0.6) is 0 Å². The monoisotopic (exact) mass is 621 g/mol. The van der Waals surface area contributed by atoms with E-state index < -0.39 is 28.5 Å². The second-order valence-corrected chi connectivity index (χ2v) is 12.8. The van der Waals surface area contributed by atoms with Crippen molar-refractivity contribution in [3.8, 4) is 0 Å². The van der Waals surface area contributed by atoms with E-state index in [4.69, 9.17) is 34.8 Å². The molecular formula is C29H30Cl3N3O4S. The Morgan fingerprint density at radius 1 is 0.950 bits per heavy atom. The summed E-state index contributed by atoms with van der Waals surface area (Å²) in [4.78, 5) is 28.6. The van der Waals surface area contributed by atoms with E-state index in [0.717, 1.165) is 30.0 Å². The number of halogens is 3. The van der Waals surface area contributed by atoms with Crippen LogP contribution in [0.15, 0.2) is 77.7 Å². The molecule has 11 heteroatoms. The van der Waals surface area contributed by atoms with E-state index >= 15 is 0 Å². The minimum absolute atomic E-state index is 0.00936. The minimum atomic E-state index is -4.25. The van der Waals surface area contributed by atoms with Gasteiger partial charge in [-0.2, -0.15) is 0 Å². The first-order valence-corrected chi connectivity index (χ1v) is 15.5. The lowest BCUT2D eigenvalue weighted by atomic mass is 10.1. The Morgan fingerprint density at radius 3 is 2.30 bits per heavy atom. The molecule has 1 unspecified atom stereocenters. The maximum atomic E-state index is 14.0. The number of hydrogen-bond donors (Lipinski definition) is 1. The standard InChI is InChI=1S/C29H30Cl3N3O4S/c1-20(29(37)33-23-11-5-6-12-23)34(18-21-9-7-10-22(30)17-21)27(36)19-35(26-16-8-15-25(31)28(26)32)40(38,39)24-13-3-2-4-14-24/h2-4,7-10,13-17,20,23H,5-6,11-12,18-19H2,1H3,(H,33,37). The van der Waals surface area contributed by atoms with Crippen LogP contribution >= 0.6 is 34.8 Å². The Morgan fingerprint density at radius 2 is 1.62 bits per heavy atom. The Bertz CT molecular complexity index is 1460. The van der Waals surface area contributed by atoms with E-state index in [-0.39, 0.29) is 39.1 Å². The van der Waals surface area contributed by atoms with Gasteiger partial charge in [0.25, 0.3) is 10.0 Å². The summed E-state index contributed by atoms with van der Waals surface area (Å²) in [5.74, 6) is -0.898. The zero-order chi connectivity index (χ0) is 28.9. The molecule has 1 aliphatic rings. The van der Waals surface area contributed by atoms with Gasteiger partial charge in [-0.05, 0) is 61.7 Å². The van der Waals surface area contributed by atoms with Crippen molar-refractivity contribution >= 4 is 62.3 Å². The third-order valence-corrected chi connectivity index (χ3v) is 9.74. The van der Waals surface area contributed by atoms with Gasteiger partial charge in [-0.3, -0.25) is 13.9 Å². The molecule has 0 bridgehead atoms. The summed E-state index contributed by atoms with van der Waals surface area (Å²) in [5, 5.41) is 3.65. The molecule has 0 heterocycles. The molecular weight excluding hydrogens is 593 g/mol. The maximum Gasteiger partial charge on any atom is 0.264 e. The zero-order valence-electron chi connectivity index (χ0n) is 21.9. The highest BCUT2D eigenvalue weighted by molar-refractivity contribution is 7.92. The Hall–Kier alpha value is -2.78. The van der Waals surface area contributed by atoms with Gasteiger partial charge in [0, 0.05) is 17.6 Å². The first-order chi connectivity index (χ1) is 19.1. The van der Waals surface area contributed by atoms with Crippen molar-refractivity contribution < 1.29 is 18.0 Å². The van der Waals surface area contributed by atoms with Crippen molar-refractivity contribution in [3.63, 3.8) is 0 Å². The molecule has 1 aliphatic carbocycles. The molecule has 0 saturated heterocycles. The molecule has 0 radical (unpaired) electrons. The van der Waals surface area contributed by atoms with Gasteiger partial charge in [-0.15, -0.1) is 0 Å². The number of hydrogen-bond acceptors (Lipinski definition) is 4. The first-order valence-electron chi connectivity index (χ1n) is 12.9. The smallest absolute Gasteiger partial charge is 0.264 e. The Labute approximate surface area is 250 Å². The fourth-order valence-electron chi connectivity index (χ4n) is 4.72. The van der Waals surface area contributed by atoms with Crippen LogP contribution in [0.1, 0.15) is 38.2 Å². The normalized spacial score (nSPS) is 14.5. The SMILES string of the molecule is CC(C(=O)NC1CCCC1)N(Cc1cccc(Cl)c1)C(=O)CN(c1cccc(Cl)c1Cl)S(=O)(=O)c1ccccc1. The zero-order valence-corrected chi connectivity index (χ0v) is 25.0. The van der Waals surface area contributed by atoms with Gasteiger partial charge in [0.05, 0.1) is 20.6 Å². The predicted octanol–water partition coefficient (Wildman–Crippen LogP) is 6.32. The van der Waals surface area contributed by atoms with E-state index in [0.29, 0.717) is 10.6 Å². The van der Waals surface area contributed by atoms with Crippen LogP contribution in [0.25, 0.3) is 0 Å². The number of nitrogens with one attached hydrogen (secondary N) is 1. The lowest BCUT2D eigenvalue weighted by molar-refractivity contribution is -0.139. The number of carbonyl (C=O) groups is 2. The lowest BCUT2D eigenvalue weighted by Crippen LogP contribution is -2.52. The second-order valence-electron chi connectivity index (χ2n) is 9.72. The number of amides is 2. The molecule has 212 valence electrons. The number of anilines is 1. The number of benzene rings is 3. The van der Waals surface area contributed by atoms with Gasteiger partial charge in [-0.1, -0.05) is 84.0 Å². The molecule has 0 spiro atoms. The molecule has 1 saturated carbocycles. The number of sulfonamides is 1. The summed E-state index contributed by atoms with van der Waals surface area (Å²) in [6.45, 7) is 1.06. The molecule has 1 N–H and O–H groups in total. The van der Waals surface area contributed by atoms with Crippen molar-refractivity contribution in [2.45, 2.75) is 56.1 Å². The van der Waals surface area contributed by atoms with Crippen LogP contribution in [-0.4, -0.2) is 43.8 Å². The molecule has 1 atom stereocenters. The number of rotatable bonds is 10. The average Bonchev–Trinajstić information content (AvgIpc) is 3.45. The van der Waals surface area contributed by atoms with E-state index in [1.54, 1.807) is 55.5 Å². The predicted molar refractivity (Wildman–Crippen MR) is 159 cm³/mol. The summed E-state index contributed by atoms with van der Waals surface area (Å²) in [5.41, 5.74) is 0.747. The molecule has 7 nitrogen and oxygen atoms in total. The van der Waals surface area contributed by atoms with Gasteiger partial charge >= 0.3 is 0 Å². The summed E-state index contributed by atoms with van der Waals surface area (Å²) in [6, 6.07) is 18.5. The second kappa shape index (κ2) is 13.3. The summed E-state index contributed by atoms with van der Waals surface area (Å²) in [7, 11) is -4.25. The van der Waals surface area contributed by atoms with Crippen LogP contribution in [0, 0.1) is 0 Å². The van der Waals surface area contributed by atoms with Crippen molar-refractivity contribution in [3.05, 3.63) is 93.4 Å². The van der Waals surface area contributed by atoms with E-state index in [1.807, 2.05) is 0 Å². The molecule has 0 aromatic heterocycles. The largest absolute Gasteiger partial charge is 0.352 e. The average molecular weight is 623 g/mol. The highest BCUT2D eigenvalue weighted by Crippen LogP contribution is 2.35. The third kappa shape index (κ3) is 7.10. The van der Waals surface area contributed by atoms with Crippen molar-refractivity contribution in [1.82, 2.24) is 10.2 Å². The van der Waals surface area contributed by atoms with Crippen molar-refractivity contribution in [2.24, 2.45) is 0 Å². The van der Waals surface area contributed by atoms with Crippen LogP contribution in [0.4, 0.5) is 5.69 Å². The van der Waals surface area contributed by atoms with Gasteiger partial charge in [0.15, 0.2) is 0 Å². The molecule has 0 aliphatic heterocycles. The van der Waals surface area contributed by atoms with Gasteiger partial charge in [0.2, 0.25) is 11.8 Å². The summed E-state index contributed by atoms with van der Waals surface area (Å²) < 4.78 is 28.6. The summed E-state index contributed by atoms with van der Waals surface area (Å²) in [6.07, 6.45) is 3.85. The third-order valence-electron chi connectivity index (χ3n) is 6.92. The Balaban J connectivity index is 1.71. The highest BCUT2D eigenvalue weighted by atomic mass is 35.5. The molecule has 1 fully saturated rings. The van der Waals surface area contributed by atoms with Crippen LogP contribution in [0.3, 0.4) is 0 Å². The quantitative estimate of drug-likeness (QED) is 0.287. The van der Waals surface area contributed by atoms with Crippen LogP contribution < -0.4 is 9.62 Å². The minimum Gasteiger partial charge on any atom is -0.352 e. The Kier molecular flexibility index (Phi) is 10.0. The molecule has 40 heavy (non-hydrogen) atoms. The van der Waals surface area contributed by atoms with Gasteiger partial charge < -0.3 is 10.2 Å². The first kappa shape index (κ1) is 30.2. The van der Waals surface area contributed by atoms with Crippen molar-refractivity contribution in [2.75, 3.05) is 10.8 Å². The maximum absolute atomic E-state index is 14.0. The van der Waals surface area contributed by atoms with E-state index in [9.17, 15) is 18.0 Å². The van der Waals surface area contributed by atoms with Crippen molar-refractivity contribution in [1.29, 1.82) is 0 Å². The summed E-state index contributed by atoms with van der Waals surface area (Å²) >= 11 is 18.9.